The quantitative estimate of drug-likeness (QED) is 0.152. The van der Waals surface area contributed by atoms with E-state index in [1.54, 1.807) is 70.2 Å². The fourth-order valence-corrected chi connectivity index (χ4v) is 3.38. The number of fused-ring (bicyclic) bond motifs is 1. The minimum atomic E-state index is -1.03. The Bertz CT molecular complexity index is 1580. The van der Waals surface area contributed by atoms with Crippen LogP contribution in [-0.4, -0.2) is 11.9 Å². The van der Waals surface area contributed by atoms with Crippen molar-refractivity contribution in [3.05, 3.63) is 108 Å². The van der Waals surface area contributed by atoms with Crippen molar-refractivity contribution < 1.29 is 37.3 Å². The number of ether oxygens (including phenoxy) is 4. The maximum absolute atomic E-state index is 15.2. The summed E-state index contributed by atoms with van der Waals surface area (Å²) in [5.74, 6) is -1.40. The second kappa shape index (κ2) is 12.4. The van der Waals surface area contributed by atoms with Gasteiger partial charge in [-0.15, -0.1) is 0 Å². The Kier molecular flexibility index (Phi) is 9.27. The number of allylic oxidation sites excluding steroid dienone is 4. The maximum Gasteiger partial charge on any atom is 0.338 e. The highest BCUT2D eigenvalue weighted by atomic mass is 19.2. The first-order valence-electron chi connectivity index (χ1n) is 12.3. The van der Waals surface area contributed by atoms with E-state index in [4.69, 9.17) is 18.9 Å². The van der Waals surface area contributed by atoms with Crippen molar-refractivity contribution >= 4 is 22.7 Å². The van der Waals surface area contributed by atoms with Crippen LogP contribution in [0.1, 0.15) is 41.5 Å². The van der Waals surface area contributed by atoms with Gasteiger partial charge in [0, 0.05) is 22.1 Å². The number of carbonyl (C=O) groups excluding carboxylic acids is 2. The lowest BCUT2D eigenvalue weighted by molar-refractivity contribution is -0.136. The zero-order valence-corrected chi connectivity index (χ0v) is 23.2. The van der Waals surface area contributed by atoms with E-state index in [-0.39, 0.29) is 45.1 Å². The van der Waals surface area contributed by atoms with E-state index in [1.165, 1.54) is 19.9 Å². The van der Waals surface area contributed by atoms with Gasteiger partial charge in [0.15, 0.2) is 11.6 Å². The number of hydrogen-bond donors (Lipinski definition) is 0. The average molecular weight is 549 g/mol. The standard InChI is InChI=1S/C32H30F2O6/c1-17(2)31(35)39-21(7)19(5)37-25-12-9-23(10-13-25)27-15-24-11-14-26(16-28(24)30(34)29(27)33)38-20(6)22(8)40-32(36)18(3)4/h9-16H,1,3H2,2,4-8H3/b21-19+,22-20+. The van der Waals surface area contributed by atoms with Crippen molar-refractivity contribution in [2.45, 2.75) is 41.5 Å². The SMILES string of the molecule is C=C(C)C(=O)O/C(C)=C(\C)Oc1ccc(-c2cc3ccc(O/C(C)=C(\C)OC(=O)C(=C)C)cc3c(F)c2F)cc1. The molecule has 0 spiro atoms. The number of halogens is 2. The van der Waals surface area contributed by atoms with Crippen LogP contribution < -0.4 is 9.47 Å². The predicted molar refractivity (Wildman–Crippen MR) is 149 cm³/mol. The van der Waals surface area contributed by atoms with Crippen LogP contribution in [0.25, 0.3) is 21.9 Å². The third-order valence-electron chi connectivity index (χ3n) is 5.88. The van der Waals surface area contributed by atoms with E-state index in [0.717, 1.165) is 0 Å². The molecule has 0 aliphatic rings. The topological polar surface area (TPSA) is 71.1 Å². The first-order valence-corrected chi connectivity index (χ1v) is 12.3. The monoisotopic (exact) mass is 548 g/mol. The normalized spacial score (nSPS) is 12.2. The highest BCUT2D eigenvalue weighted by Crippen LogP contribution is 2.34. The van der Waals surface area contributed by atoms with E-state index in [9.17, 15) is 9.59 Å². The van der Waals surface area contributed by atoms with Crippen LogP contribution in [0.5, 0.6) is 11.5 Å². The molecular weight excluding hydrogens is 518 g/mol. The van der Waals surface area contributed by atoms with Gasteiger partial charge in [-0.05, 0) is 82.8 Å². The van der Waals surface area contributed by atoms with Crippen molar-refractivity contribution in [3.8, 4) is 22.6 Å². The Morgan fingerprint density at radius 3 is 1.60 bits per heavy atom. The molecule has 0 fully saturated rings. The summed E-state index contributed by atoms with van der Waals surface area (Å²) in [5.41, 5.74) is 1.00. The average Bonchev–Trinajstić information content (AvgIpc) is 2.91. The molecule has 0 unspecified atom stereocenters. The maximum atomic E-state index is 15.2. The van der Waals surface area contributed by atoms with Crippen molar-refractivity contribution in [3.63, 3.8) is 0 Å². The summed E-state index contributed by atoms with van der Waals surface area (Å²) in [5, 5.41) is 0.492. The molecule has 6 nitrogen and oxygen atoms in total. The van der Waals surface area contributed by atoms with Crippen molar-refractivity contribution in [2.24, 2.45) is 0 Å². The Labute approximate surface area is 231 Å². The smallest absolute Gasteiger partial charge is 0.338 e. The van der Waals surface area contributed by atoms with Crippen LogP contribution in [0.3, 0.4) is 0 Å². The molecule has 8 heteroatoms. The van der Waals surface area contributed by atoms with E-state index in [1.807, 2.05) is 0 Å². The second-order valence-electron chi connectivity index (χ2n) is 9.23. The third-order valence-corrected chi connectivity index (χ3v) is 5.88. The fourth-order valence-electron chi connectivity index (χ4n) is 3.38. The largest absolute Gasteiger partial charge is 0.459 e. The number of benzene rings is 3. The Hall–Kier alpha value is -4.72. The molecular formula is C32H30F2O6. The molecule has 0 atom stereocenters. The first kappa shape index (κ1) is 29.8. The highest BCUT2D eigenvalue weighted by molar-refractivity contribution is 5.90. The predicted octanol–water partition coefficient (Wildman–Crippen LogP) is 8.28. The summed E-state index contributed by atoms with van der Waals surface area (Å²) >= 11 is 0. The van der Waals surface area contributed by atoms with Gasteiger partial charge < -0.3 is 18.9 Å². The third kappa shape index (κ3) is 7.02. The Balaban J connectivity index is 1.84. The fraction of sp³-hybridized carbons (Fsp3) is 0.188. The number of carbonyl (C=O) groups is 2. The van der Waals surface area contributed by atoms with E-state index in [2.05, 4.69) is 13.2 Å². The summed E-state index contributed by atoms with van der Waals surface area (Å²) in [4.78, 5) is 23.4. The molecule has 0 saturated carbocycles. The van der Waals surface area contributed by atoms with Gasteiger partial charge in [0.25, 0.3) is 0 Å². The molecule has 0 radical (unpaired) electrons. The zero-order valence-electron chi connectivity index (χ0n) is 23.2. The molecule has 0 N–H and O–H groups in total. The summed E-state index contributed by atoms with van der Waals surface area (Å²) in [6.45, 7) is 16.5. The molecule has 0 bridgehead atoms. The molecule has 208 valence electrons. The van der Waals surface area contributed by atoms with Crippen LogP contribution in [-0.2, 0) is 19.1 Å². The van der Waals surface area contributed by atoms with Crippen LogP contribution in [0.15, 0.2) is 95.9 Å². The van der Waals surface area contributed by atoms with Crippen LogP contribution >= 0.6 is 0 Å². The van der Waals surface area contributed by atoms with Gasteiger partial charge in [-0.3, -0.25) is 0 Å². The minimum Gasteiger partial charge on any atom is -0.459 e. The van der Waals surface area contributed by atoms with Crippen LogP contribution in [0.2, 0.25) is 0 Å². The molecule has 40 heavy (non-hydrogen) atoms. The van der Waals surface area contributed by atoms with Gasteiger partial charge in [-0.1, -0.05) is 31.4 Å². The zero-order chi connectivity index (χ0) is 29.7. The molecule has 3 rings (SSSR count). The summed E-state index contributed by atoms with van der Waals surface area (Å²) in [6.07, 6.45) is 0. The molecule has 0 aromatic heterocycles. The Morgan fingerprint density at radius 1 is 0.625 bits per heavy atom. The minimum absolute atomic E-state index is 0.0311. The van der Waals surface area contributed by atoms with Crippen LogP contribution in [0, 0.1) is 11.6 Å². The lowest BCUT2D eigenvalue weighted by Gasteiger charge is -2.13. The van der Waals surface area contributed by atoms with Gasteiger partial charge in [-0.2, -0.15) is 0 Å². The molecule has 3 aromatic carbocycles. The molecule has 0 aliphatic heterocycles. The number of hydrogen-bond acceptors (Lipinski definition) is 6. The van der Waals surface area contributed by atoms with Crippen LogP contribution in [0.4, 0.5) is 8.78 Å². The van der Waals surface area contributed by atoms with Gasteiger partial charge in [-0.25, -0.2) is 18.4 Å². The first-order chi connectivity index (χ1) is 18.8. The van der Waals surface area contributed by atoms with Crippen molar-refractivity contribution in [2.75, 3.05) is 0 Å². The van der Waals surface area contributed by atoms with Crippen molar-refractivity contribution in [1.82, 2.24) is 0 Å². The molecule has 0 aliphatic carbocycles. The van der Waals surface area contributed by atoms with E-state index >= 15 is 8.78 Å². The number of esters is 2. The highest BCUT2D eigenvalue weighted by Gasteiger charge is 2.17. The van der Waals surface area contributed by atoms with Gasteiger partial charge in [0.05, 0.1) is 0 Å². The Morgan fingerprint density at radius 2 is 1.10 bits per heavy atom. The van der Waals surface area contributed by atoms with Gasteiger partial charge in [0.1, 0.15) is 34.5 Å². The summed E-state index contributed by atoms with van der Waals surface area (Å²) in [7, 11) is 0. The van der Waals surface area contributed by atoms with Gasteiger partial charge >= 0.3 is 11.9 Å². The summed E-state index contributed by atoms with van der Waals surface area (Å²) in [6, 6.07) is 12.5. The molecule has 0 heterocycles. The lowest BCUT2D eigenvalue weighted by Crippen LogP contribution is -2.06. The molecule has 0 saturated heterocycles. The van der Waals surface area contributed by atoms with E-state index in [0.29, 0.717) is 22.5 Å². The molecule has 0 amide bonds. The van der Waals surface area contributed by atoms with E-state index < -0.39 is 23.6 Å². The lowest BCUT2D eigenvalue weighted by atomic mass is 9.99. The van der Waals surface area contributed by atoms with Crippen molar-refractivity contribution in [1.29, 1.82) is 0 Å². The van der Waals surface area contributed by atoms with Gasteiger partial charge in [0.2, 0.25) is 0 Å². The second-order valence-corrected chi connectivity index (χ2v) is 9.23. The number of rotatable bonds is 9. The molecule has 3 aromatic rings. The summed E-state index contributed by atoms with van der Waals surface area (Å²) < 4.78 is 52.1.